The largest absolute Gasteiger partial charge is 0.386 e. The molecule has 0 heterocycles. The van der Waals surface area contributed by atoms with Crippen molar-refractivity contribution < 1.29 is 5.11 Å². The van der Waals surface area contributed by atoms with E-state index in [4.69, 9.17) is 0 Å². The van der Waals surface area contributed by atoms with Gasteiger partial charge in [-0.3, -0.25) is 0 Å². The summed E-state index contributed by atoms with van der Waals surface area (Å²) in [5, 5.41) is 10.4. The predicted octanol–water partition coefficient (Wildman–Crippen LogP) is 3.39. The van der Waals surface area contributed by atoms with Crippen molar-refractivity contribution in [1.82, 2.24) is 0 Å². The Morgan fingerprint density at radius 1 is 1.57 bits per heavy atom. The van der Waals surface area contributed by atoms with E-state index in [1.165, 1.54) is 6.42 Å². The maximum absolute atomic E-state index is 10.4. The van der Waals surface area contributed by atoms with Crippen LogP contribution < -0.4 is 0 Å². The van der Waals surface area contributed by atoms with Gasteiger partial charge in [-0.2, -0.15) is 0 Å². The van der Waals surface area contributed by atoms with Crippen molar-refractivity contribution in [1.29, 1.82) is 0 Å². The van der Waals surface area contributed by atoms with Gasteiger partial charge >= 0.3 is 0 Å². The Morgan fingerprint density at radius 3 is 2.71 bits per heavy atom. The van der Waals surface area contributed by atoms with Crippen molar-refractivity contribution in [3.05, 3.63) is 12.7 Å². The Balaban J connectivity index is 2.71. The summed E-state index contributed by atoms with van der Waals surface area (Å²) in [6, 6.07) is 0. The molecule has 0 aromatic carbocycles. The second kappa shape index (κ2) is 4.48. The summed E-state index contributed by atoms with van der Waals surface area (Å²) in [6.07, 6.45) is 6.18. The predicted molar refractivity (Wildman–Crippen MR) is 61.1 cm³/mol. The Morgan fingerprint density at radius 2 is 2.21 bits per heavy atom. The molecule has 0 saturated heterocycles. The first-order chi connectivity index (χ1) is 6.55. The van der Waals surface area contributed by atoms with Gasteiger partial charge in [0.2, 0.25) is 0 Å². The van der Waals surface area contributed by atoms with E-state index in [2.05, 4.69) is 27.4 Å². The molecule has 0 aliphatic heterocycles. The van der Waals surface area contributed by atoms with Gasteiger partial charge in [-0.1, -0.05) is 33.3 Å². The number of aliphatic hydroxyl groups is 1. The molecule has 4 unspecified atom stereocenters. The lowest BCUT2D eigenvalue weighted by atomic mass is 9.75. The molecule has 1 saturated carbocycles. The summed E-state index contributed by atoms with van der Waals surface area (Å²) >= 11 is 0. The van der Waals surface area contributed by atoms with Gasteiger partial charge in [0, 0.05) is 0 Å². The molecular weight excluding hydrogens is 172 g/mol. The maximum Gasteiger partial charge on any atom is 0.0855 e. The van der Waals surface area contributed by atoms with Gasteiger partial charge in [0.1, 0.15) is 0 Å². The summed E-state index contributed by atoms with van der Waals surface area (Å²) in [7, 11) is 0. The smallest absolute Gasteiger partial charge is 0.0855 e. The summed E-state index contributed by atoms with van der Waals surface area (Å²) in [5.41, 5.74) is -0.581. The van der Waals surface area contributed by atoms with Crippen molar-refractivity contribution in [2.24, 2.45) is 17.8 Å². The molecule has 14 heavy (non-hydrogen) atoms. The lowest BCUT2D eigenvalue weighted by molar-refractivity contribution is 0.0151. The van der Waals surface area contributed by atoms with Crippen LogP contribution in [0.5, 0.6) is 0 Å². The van der Waals surface area contributed by atoms with Crippen LogP contribution in [-0.4, -0.2) is 10.7 Å². The number of rotatable bonds is 4. The van der Waals surface area contributed by atoms with Crippen LogP contribution in [0.1, 0.15) is 46.5 Å². The first kappa shape index (κ1) is 11.8. The second-order valence-corrected chi connectivity index (χ2v) is 4.94. The monoisotopic (exact) mass is 196 g/mol. The van der Waals surface area contributed by atoms with Crippen LogP contribution in [0, 0.1) is 17.8 Å². The van der Waals surface area contributed by atoms with Crippen LogP contribution in [0.15, 0.2) is 12.7 Å². The van der Waals surface area contributed by atoms with Gasteiger partial charge in [0.25, 0.3) is 0 Å². The van der Waals surface area contributed by atoms with Gasteiger partial charge in [-0.15, -0.1) is 6.58 Å². The molecule has 4 atom stereocenters. The molecule has 1 aliphatic rings. The minimum atomic E-state index is -0.581. The molecule has 0 amide bonds. The molecule has 1 rings (SSSR count). The molecule has 0 spiro atoms. The maximum atomic E-state index is 10.4. The highest BCUT2D eigenvalue weighted by molar-refractivity contribution is 5.05. The first-order valence-corrected chi connectivity index (χ1v) is 5.91. The summed E-state index contributed by atoms with van der Waals surface area (Å²) in [4.78, 5) is 0. The normalized spacial score (nSPS) is 36.7. The van der Waals surface area contributed by atoms with Crippen molar-refractivity contribution in [2.75, 3.05) is 0 Å². The summed E-state index contributed by atoms with van der Waals surface area (Å²) < 4.78 is 0. The molecule has 82 valence electrons. The van der Waals surface area contributed by atoms with Crippen LogP contribution in [0.2, 0.25) is 0 Å². The zero-order valence-corrected chi connectivity index (χ0v) is 9.79. The molecule has 1 fully saturated rings. The van der Waals surface area contributed by atoms with Crippen LogP contribution in [-0.2, 0) is 0 Å². The third-order valence-electron chi connectivity index (χ3n) is 4.26. The first-order valence-electron chi connectivity index (χ1n) is 5.91. The Hall–Kier alpha value is -0.300. The molecular formula is C13H24O. The van der Waals surface area contributed by atoms with Gasteiger partial charge in [0.15, 0.2) is 0 Å². The van der Waals surface area contributed by atoms with Gasteiger partial charge in [-0.25, -0.2) is 0 Å². The fraction of sp³-hybridized carbons (Fsp3) is 0.846. The minimum Gasteiger partial charge on any atom is -0.386 e. The molecule has 1 nitrogen and oxygen atoms in total. The third-order valence-corrected chi connectivity index (χ3v) is 4.26. The minimum absolute atomic E-state index is 0.426. The van der Waals surface area contributed by atoms with E-state index >= 15 is 0 Å². The lowest BCUT2D eigenvalue weighted by Gasteiger charge is -2.34. The van der Waals surface area contributed by atoms with Crippen molar-refractivity contribution in [3.8, 4) is 0 Å². The fourth-order valence-electron chi connectivity index (χ4n) is 2.78. The zero-order chi connectivity index (χ0) is 10.8. The van der Waals surface area contributed by atoms with Crippen LogP contribution >= 0.6 is 0 Å². The van der Waals surface area contributed by atoms with E-state index in [1.54, 1.807) is 6.08 Å². The molecule has 0 aromatic heterocycles. The molecule has 0 radical (unpaired) electrons. The zero-order valence-electron chi connectivity index (χ0n) is 9.79. The van der Waals surface area contributed by atoms with Crippen LogP contribution in [0.3, 0.4) is 0 Å². The van der Waals surface area contributed by atoms with E-state index in [9.17, 15) is 5.11 Å². The molecule has 0 aromatic rings. The molecule has 1 N–H and O–H groups in total. The van der Waals surface area contributed by atoms with E-state index in [0.717, 1.165) is 19.3 Å². The van der Waals surface area contributed by atoms with Crippen molar-refractivity contribution >= 4 is 0 Å². The van der Waals surface area contributed by atoms with Crippen molar-refractivity contribution in [3.63, 3.8) is 0 Å². The van der Waals surface area contributed by atoms with Crippen molar-refractivity contribution in [2.45, 2.75) is 52.1 Å². The Kier molecular flexibility index (Phi) is 3.77. The Bertz CT molecular complexity index is 199. The highest BCUT2D eigenvalue weighted by Gasteiger charge is 2.42. The van der Waals surface area contributed by atoms with Gasteiger partial charge < -0.3 is 5.11 Å². The SMILES string of the molecule is C=CC1(O)CCCC1C(C)C(C)CC. The summed E-state index contributed by atoms with van der Waals surface area (Å²) in [5.74, 6) is 1.73. The average Bonchev–Trinajstić information content (AvgIpc) is 2.59. The second-order valence-electron chi connectivity index (χ2n) is 4.94. The number of hydrogen-bond donors (Lipinski definition) is 1. The van der Waals surface area contributed by atoms with E-state index in [0.29, 0.717) is 17.8 Å². The van der Waals surface area contributed by atoms with Gasteiger partial charge in [0.05, 0.1) is 5.60 Å². The topological polar surface area (TPSA) is 20.2 Å². The fourth-order valence-corrected chi connectivity index (χ4v) is 2.78. The lowest BCUT2D eigenvalue weighted by Crippen LogP contribution is -2.36. The standard InChI is InChI=1S/C13H24O/c1-5-10(3)11(4)12-8-7-9-13(12,14)6-2/h6,10-12,14H,2,5,7-9H2,1,3-4H3. The highest BCUT2D eigenvalue weighted by Crippen LogP contribution is 2.43. The molecule has 0 bridgehead atoms. The van der Waals surface area contributed by atoms with E-state index in [1.807, 2.05) is 0 Å². The number of hydrogen-bond acceptors (Lipinski definition) is 1. The third kappa shape index (κ3) is 2.03. The van der Waals surface area contributed by atoms with Gasteiger partial charge in [-0.05, 0) is 37.0 Å². The summed E-state index contributed by atoms with van der Waals surface area (Å²) in [6.45, 7) is 10.6. The average molecular weight is 196 g/mol. The van der Waals surface area contributed by atoms with Crippen LogP contribution in [0.25, 0.3) is 0 Å². The van der Waals surface area contributed by atoms with E-state index in [-0.39, 0.29) is 0 Å². The Labute approximate surface area is 88.2 Å². The molecule has 1 heteroatoms. The quantitative estimate of drug-likeness (QED) is 0.683. The van der Waals surface area contributed by atoms with Crippen LogP contribution in [0.4, 0.5) is 0 Å². The molecule has 1 aliphatic carbocycles. The highest BCUT2D eigenvalue weighted by atomic mass is 16.3. The van der Waals surface area contributed by atoms with E-state index < -0.39 is 5.60 Å².